The first-order chi connectivity index (χ1) is 26.7. The summed E-state index contributed by atoms with van der Waals surface area (Å²) in [5, 5.41) is 41.2. The number of carbonyl (C=O) groups is 4. The average Bonchev–Trinajstić information content (AvgIpc) is 3.93. The number of hydrogen-bond acceptors (Lipinski definition) is 10. The number of carboxylic acids is 4. The van der Waals surface area contributed by atoms with E-state index in [1.807, 2.05) is 10.8 Å². The van der Waals surface area contributed by atoms with Crippen LogP contribution in [0.5, 0.6) is 5.75 Å². The van der Waals surface area contributed by atoms with Crippen LogP contribution in [0.2, 0.25) is 0 Å². The van der Waals surface area contributed by atoms with E-state index in [9.17, 15) is 29.4 Å². The minimum absolute atomic E-state index is 0.00625. The van der Waals surface area contributed by atoms with Gasteiger partial charge in [-0.15, -0.1) is 22.7 Å². The predicted molar refractivity (Wildman–Crippen MR) is 206 cm³/mol. The molecule has 2 aliphatic rings. The molecule has 0 spiro atoms. The Hall–Kier alpha value is -5.63. The predicted octanol–water partition coefficient (Wildman–Crippen LogP) is 4.89. The molecule has 294 valence electrons. The second kappa shape index (κ2) is 16.6. The number of benzene rings is 1. The molecule has 3 aromatic heterocycles. The minimum atomic E-state index is -4.45. The molecular weight excluding hydrogens is 773 g/mol. The van der Waals surface area contributed by atoms with Gasteiger partial charge in [-0.2, -0.15) is 0 Å². The highest BCUT2D eigenvalue weighted by Gasteiger charge is 2.56. The number of aryl methyl sites for hydroxylation is 1. The maximum atomic E-state index is 17.3. The zero-order chi connectivity index (χ0) is 40.3. The Morgan fingerprint density at radius 1 is 0.821 bits per heavy atom. The van der Waals surface area contributed by atoms with E-state index < -0.39 is 57.0 Å². The van der Waals surface area contributed by atoms with Gasteiger partial charge in [0.1, 0.15) is 25.4 Å². The summed E-state index contributed by atoms with van der Waals surface area (Å²) in [4.78, 5) is 49.6. The third-order valence-corrected chi connectivity index (χ3v) is 10.9. The summed E-state index contributed by atoms with van der Waals surface area (Å²) in [6.45, 7) is -3.57. The van der Waals surface area contributed by atoms with Crippen LogP contribution in [0.3, 0.4) is 0 Å². The number of halogens is 2. The molecule has 0 unspecified atom stereocenters. The van der Waals surface area contributed by atoms with E-state index >= 15 is 8.63 Å². The summed E-state index contributed by atoms with van der Waals surface area (Å²) in [6.07, 6.45) is 1.74. The number of hydrogen-bond donors (Lipinski definition) is 4. The van der Waals surface area contributed by atoms with Crippen LogP contribution in [0.4, 0.5) is 14.3 Å². The maximum absolute atomic E-state index is 17.3. The maximum Gasteiger partial charge on any atom is 0.738 e. The van der Waals surface area contributed by atoms with Crippen molar-refractivity contribution in [3.8, 4) is 16.3 Å². The molecule has 19 heteroatoms. The second-order valence-corrected chi connectivity index (χ2v) is 15.0. The van der Waals surface area contributed by atoms with E-state index in [1.165, 1.54) is 33.6 Å². The monoisotopic (exact) mass is 810 g/mol. The molecule has 0 amide bonds. The lowest BCUT2D eigenvalue weighted by Gasteiger charge is -2.34. The Kier molecular flexibility index (Phi) is 11.9. The Bertz CT molecular complexity index is 2240. The lowest BCUT2D eigenvalue weighted by Crippen LogP contribution is -2.51. The molecule has 5 heterocycles. The van der Waals surface area contributed by atoms with Gasteiger partial charge in [-0.25, -0.2) is 0 Å². The van der Waals surface area contributed by atoms with Crippen molar-refractivity contribution in [3.63, 3.8) is 0 Å². The number of nitrogens with zero attached hydrogens (tertiary/aromatic N) is 4. The number of carboxylic acid groups (broad SMARTS) is 4. The van der Waals surface area contributed by atoms with Gasteiger partial charge in [-0.1, -0.05) is 18.2 Å². The molecule has 0 saturated heterocycles. The number of aliphatic carboxylic acids is 4. The molecule has 0 fully saturated rings. The molecule has 2 aliphatic heterocycles. The zero-order valence-electron chi connectivity index (χ0n) is 30.2. The van der Waals surface area contributed by atoms with Crippen molar-refractivity contribution >= 4 is 70.5 Å². The fourth-order valence-corrected chi connectivity index (χ4v) is 8.50. The van der Waals surface area contributed by atoms with Gasteiger partial charge in [0.15, 0.2) is 11.4 Å². The van der Waals surface area contributed by atoms with Crippen LogP contribution in [-0.4, -0.2) is 123 Å². The SMILES string of the molecule is CC1=CC(c2cccs2)=[N+]2C1=C(c1ccc(N(CC(=O)O)CC(=O)O)c(OCCOCCN(CC(=O)O)CC(=O)O)c1)c1c(C)cc(-c3cccs3)n1[B-]2(F)F. The summed E-state index contributed by atoms with van der Waals surface area (Å²) in [7, 11) is 0. The normalized spacial score (nSPS) is 14.5. The van der Waals surface area contributed by atoms with Crippen molar-refractivity contribution in [2.45, 2.75) is 13.8 Å². The lowest BCUT2D eigenvalue weighted by molar-refractivity contribution is -0.362. The first-order valence-corrected chi connectivity index (χ1v) is 19.0. The first-order valence-electron chi connectivity index (χ1n) is 17.3. The largest absolute Gasteiger partial charge is 0.738 e. The number of fused-ring (bicyclic) bond motifs is 2. The molecule has 0 radical (unpaired) electrons. The van der Waals surface area contributed by atoms with Gasteiger partial charge in [0.2, 0.25) is 0 Å². The van der Waals surface area contributed by atoms with Crippen LogP contribution in [0.1, 0.15) is 28.6 Å². The van der Waals surface area contributed by atoms with Crippen LogP contribution in [-0.2, 0) is 23.9 Å². The molecular formula is C37H37BF2N4O10S2. The molecule has 4 aromatic rings. The minimum Gasteiger partial charge on any atom is -0.489 e. The Balaban J connectivity index is 1.44. The molecule has 0 bridgehead atoms. The van der Waals surface area contributed by atoms with Gasteiger partial charge in [0, 0.05) is 34.5 Å². The van der Waals surface area contributed by atoms with E-state index in [0.717, 1.165) is 13.9 Å². The van der Waals surface area contributed by atoms with Crippen molar-refractivity contribution in [1.29, 1.82) is 0 Å². The van der Waals surface area contributed by atoms with Crippen LogP contribution < -0.4 is 9.64 Å². The lowest BCUT2D eigenvalue weighted by atomic mass is 9.83. The van der Waals surface area contributed by atoms with E-state index in [-0.39, 0.29) is 49.2 Å². The molecule has 56 heavy (non-hydrogen) atoms. The number of rotatable bonds is 19. The summed E-state index contributed by atoms with van der Waals surface area (Å²) in [6, 6.07) is 13.6. The second-order valence-electron chi connectivity index (χ2n) is 13.1. The van der Waals surface area contributed by atoms with E-state index in [4.69, 9.17) is 19.7 Å². The van der Waals surface area contributed by atoms with Gasteiger partial charge in [-0.05, 0) is 66.1 Å². The molecule has 14 nitrogen and oxygen atoms in total. The van der Waals surface area contributed by atoms with Crippen molar-refractivity contribution in [1.82, 2.24) is 9.38 Å². The number of aromatic nitrogens is 1. The molecule has 0 aliphatic carbocycles. The van der Waals surface area contributed by atoms with Crippen molar-refractivity contribution in [3.05, 3.63) is 98.3 Å². The fourth-order valence-electron chi connectivity index (χ4n) is 7.02. The zero-order valence-corrected chi connectivity index (χ0v) is 31.8. The van der Waals surface area contributed by atoms with Crippen LogP contribution >= 0.6 is 22.7 Å². The molecule has 6 rings (SSSR count). The number of thiophene rings is 2. The van der Waals surface area contributed by atoms with E-state index in [2.05, 4.69) is 0 Å². The quantitative estimate of drug-likeness (QED) is 0.0745. The molecule has 0 saturated carbocycles. The average molecular weight is 811 g/mol. The summed E-state index contributed by atoms with van der Waals surface area (Å²) in [5.74, 6) is -4.94. The van der Waals surface area contributed by atoms with E-state index in [0.29, 0.717) is 43.4 Å². The highest BCUT2D eigenvalue weighted by molar-refractivity contribution is 7.13. The topological polar surface area (TPSA) is 182 Å². The summed E-state index contributed by atoms with van der Waals surface area (Å²) in [5.41, 5.74) is 3.46. The number of anilines is 1. The number of allylic oxidation sites excluding steroid dienone is 2. The molecule has 4 N–H and O–H groups in total. The van der Waals surface area contributed by atoms with Crippen molar-refractivity contribution in [2.24, 2.45) is 0 Å². The van der Waals surface area contributed by atoms with Gasteiger partial charge in [0.05, 0.1) is 42.4 Å². The van der Waals surface area contributed by atoms with Crippen molar-refractivity contribution < 1.29 is 62.2 Å². The fraction of sp³-hybridized carbons (Fsp3) is 0.270. The van der Waals surface area contributed by atoms with Gasteiger partial charge < -0.3 is 52.4 Å². The van der Waals surface area contributed by atoms with E-state index in [1.54, 1.807) is 62.4 Å². The summed E-state index contributed by atoms with van der Waals surface area (Å²) >= 11 is 2.68. The molecule has 0 atom stereocenters. The third-order valence-electron chi connectivity index (χ3n) is 9.09. The van der Waals surface area contributed by atoms with Gasteiger partial charge >= 0.3 is 30.8 Å². The summed E-state index contributed by atoms with van der Waals surface area (Å²) < 4.78 is 48.6. The van der Waals surface area contributed by atoms with Crippen molar-refractivity contribution in [2.75, 3.05) is 57.4 Å². The standard InChI is InChI=1S/C37H37BF2N4O10S2/c1-22-15-26(29-5-3-13-55-29)43-36(22)35(37-23(2)16-27(30-6-4-14-56-30)44(37)38(43,39)40)24-7-8-25(42(20-33(49)50)21-34(51)52)28(17-24)54-12-11-53-10-9-41(18-31(45)46)19-32(47)48/h3-8,13-17H,9-12,18-21H2,1-2H3,(H,45,46)(H,47,48)(H,49,50)(H,51,52). The third kappa shape index (κ3) is 8.30. The Morgan fingerprint density at radius 2 is 1.45 bits per heavy atom. The highest BCUT2D eigenvalue weighted by atomic mass is 32.1. The van der Waals surface area contributed by atoms with Crippen LogP contribution in [0.25, 0.3) is 16.1 Å². The Labute approximate surface area is 327 Å². The molecule has 1 aromatic carbocycles. The van der Waals surface area contributed by atoms with Gasteiger partial charge in [0.25, 0.3) is 0 Å². The smallest absolute Gasteiger partial charge is 0.489 e. The Morgan fingerprint density at radius 3 is 2.04 bits per heavy atom. The van der Waals surface area contributed by atoms with Gasteiger partial charge in [-0.3, -0.25) is 24.1 Å². The van der Waals surface area contributed by atoms with Crippen LogP contribution in [0, 0.1) is 6.92 Å². The number of ether oxygens (including phenoxy) is 2. The first kappa shape index (κ1) is 40.0. The van der Waals surface area contributed by atoms with Crippen LogP contribution in [0.15, 0.2) is 76.6 Å². The highest BCUT2D eigenvalue weighted by Crippen LogP contribution is 2.48.